The van der Waals surface area contributed by atoms with E-state index in [1.807, 2.05) is 36.4 Å². The predicted octanol–water partition coefficient (Wildman–Crippen LogP) is 2.88. The van der Waals surface area contributed by atoms with Crippen molar-refractivity contribution in [3.05, 3.63) is 71.3 Å². The highest BCUT2D eigenvalue weighted by Gasteiger charge is 2.21. The summed E-state index contributed by atoms with van der Waals surface area (Å²) in [4.78, 5) is 2.28. The highest BCUT2D eigenvalue weighted by molar-refractivity contribution is 6.03. The normalized spacial score (nSPS) is 17.4. The Labute approximate surface area is 112 Å². The fraction of sp³-hybridized carbons (Fsp3) is 0.188. The van der Waals surface area contributed by atoms with Crippen molar-refractivity contribution in [3.63, 3.8) is 0 Å². The molecule has 3 nitrogen and oxygen atoms in total. The van der Waals surface area contributed by atoms with Gasteiger partial charge in [-0.1, -0.05) is 59.8 Å². The van der Waals surface area contributed by atoms with Crippen LogP contribution in [-0.2, 0) is 13.1 Å². The summed E-state index contributed by atoms with van der Waals surface area (Å²) in [6.45, 7) is 2.45. The molecule has 0 amide bonds. The van der Waals surface area contributed by atoms with Crippen LogP contribution in [0.3, 0.4) is 0 Å². The Kier molecular flexibility index (Phi) is 3.29. The molecule has 0 aliphatic carbocycles. The molecule has 0 fully saturated rings. The molecular formula is C16H16N2O. The molecular weight excluding hydrogens is 236 g/mol. The Hall–Kier alpha value is -2.13. The maximum Gasteiger partial charge on any atom is 0.101 e. The average molecular weight is 252 g/mol. The van der Waals surface area contributed by atoms with Crippen LogP contribution in [0.1, 0.15) is 16.7 Å². The lowest BCUT2D eigenvalue weighted by Gasteiger charge is -2.29. The van der Waals surface area contributed by atoms with E-state index in [0.717, 1.165) is 24.4 Å². The summed E-state index contributed by atoms with van der Waals surface area (Å²) >= 11 is 0. The van der Waals surface area contributed by atoms with Gasteiger partial charge in [-0.25, -0.2) is 0 Å². The van der Waals surface area contributed by atoms with Gasteiger partial charge in [0.05, 0.1) is 0 Å². The summed E-state index contributed by atoms with van der Waals surface area (Å²) in [6, 6.07) is 18.5. The number of hydrogen-bond acceptors (Lipinski definition) is 3. The molecule has 0 aromatic heterocycles. The first-order valence-corrected chi connectivity index (χ1v) is 6.42. The maximum atomic E-state index is 9.18. The lowest BCUT2D eigenvalue weighted by molar-refractivity contribution is 0.274. The molecule has 0 radical (unpaired) electrons. The summed E-state index contributed by atoms with van der Waals surface area (Å²) < 4.78 is 0. The van der Waals surface area contributed by atoms with Crippen LogP contribution in [0.25, 0.3) is 0 Å². The lowest BCUT2D eigenvalue weighted by atomic mass is 9.98. The smallest absolute Gasteiger partial charge is 0.101 e. The van der Waals surface area contributed by atoms with Gasteiger partial charge in [-0.3, -0.25) is 4.90 Å². The van der Waals surface area contributed by atoms with E-state index in [1.54, 1.807) is 0 Å². The zero-order valence-electron chi connectivity index (χ0n) is 10.7. The van der Waals surface area contributed by atoms with Crippen molar-refractivity contribution in [2.45, 2.75) is 13.1 Å². The third-order valence-electron chi connectivity index (χ3n) is 3.47. The third kappa shape index (κ3) is 2.51. The molecule has 3 heteroatoms. The van der Waals surface area contributed by atoms with E-state index in [2.05, 4.69) is 28.3 Å². The van der Waals surface area contributed by atoms with Crippen molar-refractivity contribution >= 4 is 5.71 Å². The average Bonchev–Trinajstić information content (AvgIpc) is 2.47. The van der Waals surface area contributed by atoms with Crippen LogP contribution >= 0.6 is 0 Å². The van der Waals surface area contributed by atoms with Crippen molar-refractivity contribution in [1.82, 2.24) is 4.90 Å². The Morgan fingerprint density at radius 1 is 0.947 bits per heavy atom. The molecule has 2 aromatic rings. The summed E-state index contributed by atoms with van der Waals surface area (Å²) in [5.41, 5.74) is 4.31. The highest BCUT2D eigenvalue weighted by Crippen LogP contribution is 2.20. The van der Waals surface area contributed by atoms with Gasteiger partial charge in [0.25, 0.3) is 0 Å². The van der Waals surface area contributed by atoms with Crippen molar-refractivity contribution in [2.24, 2.45) is 5.16 Å². The zero-order chi connectivity index (χ0) is 13.1. The van der Waals surface area contributed by atoms with Crippen molar-refractivity contribution in [3.8, 4) is 0 Å². The second kappa shape index (κ2) is 5.24. The number of rotatable bonds is 2. The van der Waals surface area contributed by atoms with Gasteiger partial charge in [0.1, 0.15) is 5.71 Å². The van der Waals surface area contributed by atoms with E-state index in [1.165, 1.54) is 11.1 Å². The van der Waals surface area contributed by atoms with Gasteiger partial charge >= 0.3 is 0 Å². The highest BCUT2D eigenvalue weighted by atomic mass is 16.4. The maximum absolute atomic E-state index is 9.18. The van der Waals surface area contributed by atoms with Crippen LogP contribution in [0, 0.1) is 0 Å². The number of fused-ring (bicyclic) bond motifs is 1. The molecule has 0 atom stereocenters. The van der Waals surface area contributed by atoms with Crippen LogP contribution in [0.2, 0.25) is 0 Å². The van der Waals surface area contributed by atoms with Crippen LogP contribution in [-0.4, -0.2) is 22.4 Å². The molecule has 96 valence electrons. The molecule has 0 unspecified atom stereocenters. The first-order chi connectivity index (χ1) is 9.36. The lowest BCUT2D eigenvalue weighted by Crippen LogP contribution is -2.35. The van der Waals surface area contributed by atoms with Gasteiger partial charge in [-0.2, -0.15) is 0 Å². The molecule has 0 spiro atoms. The number of oxime groups is 1. The van der Waals surface area contributed by atoms with Gasteiger partial charge in [0.2, 0.25) is 0 Å². The van der Waals surface area contributed by atoms with Crippen LogP contribution in [0.15, 0.2) is 59.8 Å². The van der Waals surface area contributed by atoms with Crippen molar-refractivity contribution in [1.29, 1.82) is 0 Å². The summed E-state index contributed by atoms with van der Waals surface area (Å²) in [5.74, 6) is 0. The first-order valence-electron chi connectivity index (χ1n) is 6.42. The molecule has 19 heavy (non-hydrogen) atoms. The fourth-order valence-corrected chi connectivity index (χ4v) is 2.57. The van der Waals surface area contributed by atoms with Crippen LogP contribution in [0.4, 0.5) is 0 Å². The molecule has 1 N–H and O–H groups in total. The molecule has 1 aliphatic rings. The van der Waals surface area contributed by atoms with Crippen molar-refractivity contribution in [2.75, 3.05) is 6.54 Å². The summed E-state index contributed by atoms with van der Waals surface area (Å²) in [5, 5.41) is 12.6. The quantitative estimate of drug-likeness (QED) is 0.659. The minimum atomic E-state index is 0.683. The minimum absolute atomic E-state index is 0.683. The Morgan fingerprint density at radius 2 is 1.68 bits per heavy atom. The Bertz CT molecular complexity index is 593. The molecule has 0 bridgehead atoms. The second-order valence-electron chi connectivity index (χ2n) is 4.83. The Morgan fingerprint density at radius 3 is 2.47 bits per heavy atom. The van der Waals surface area contributed by atoms with E-state index >= 15 is 0 Å². The van der Waals surface area contributed by atoms with E-state index < -0.39 is 0 Å². The molecule has 1 aliphatic heterocycles. The van der Waals surface area contributed by atoms with Crippen LogP contribution in [0.5, 0.6) is 0 Å². The van der Waals surface area contributed by atoms with E-state index in [4.69, 9.17) is 0 Å². The van der Waals surface area contributed by atoms with E-state index in [9.17, 15) is 5.21 Å². The predicted molar refractivity (Wildman–Crippen MR) is 75.3 cm³/mol. The Balaban J connectivity index is 1.84. The molecule has 0 saturated heterocycles. The van der Waals surface area contributed by atoms with E-state index in [0.29, 0.717) is 6.54 Å². The van der Waals surface area contributed by atoms with Gasteiger partial charge in [0.15, 0.2) is 0 Å². The third-order valence-corrected chi connectivity index (χ3v) is 3.47. The first kappa shape index (κ1) is 11.9. The van der Waals surface area contributed by atoms with Gasteiger partial charge in [-0.05, 0) is 11.1 Å². The van der Waals surface area contributed by atoms with Gasteiger partial charge in [-0.15, -0.1) is 0 Å². The molecule has 0 saturated carbocycles. The van der Waals surface area contributed by atoms with Gasteiger partial charge < -0.3 is 5.21 Å². The second-order valence-corrected chi connectivity index (χ2v) is 4.83. The molecule has 3 rings (SSSR count). The standard InChI is InChI=1S/C16H16N2O/c19-17-16-12-18(10-13-6-2-1-3-7-13)11-14-8-4-5-9-15(14)16/h1-9,19H,10-12H2. The summed E-state index contributed by atoms with van der Waals surface area (Å²) in [6.07, 6.45) is 0. The van der Waals surface area contributed by atoms with Crippen LogP contribution < -0.4 is 0 Å². The van der Waals surface area contributed by atoms with Gasteiger partial charge in [0, 0.05) is 25.2 Å². The molecule has 1 heterocycles. The topological polar surface area (TPSA) is 35.8 Å². The largest absolute Gasteiger partial charge is 0.411 e. The van der Waals surface area contributed by atoms with E-state index in [-0.39, 0.29) is 0 Å². The zero-order valence-corrected chi connectivity index (χ0v) is 10.7. The molecule has 2 aromatic carbocycles. The minimum Gasteiger partial charge on any atom is -0.411 e. The fourth-order valence-electron chi connectivity index (χ4n) is 2.57. The monoisotopic (exact) mass is 252 g/mol. The summed E-state index contributed by atoms with van der Waals surface area (Å²) in [7, 11) is 0. The van der Waals surface area contributed by atoms with Crippen molar-refractivity contribution < 1.29 is 5.21 Å². The number of hydrogen-bond donors (Lipinski definition) is 1. The SMILES string of the molecule is ON=C1CN(Cc2ccccc2)Cc2ccccc21. The number of nitrogens with zero attached hydrogens (tertiary/aromatic N) is 2. The number of benzene rings is 2.